The van der Waals surface area contributed by atoms with Crippen molar-refractivity contribution in [1.82, 2.24) is 0 Å². The average Bonchev–Trinajstić information content (AvgIpc) is 2.77. The van der Waals surface area contributed by atoms with Gasteiger partial charge in [0.25, 0.3) is 0 Å². The van der Waals surface area contributed by atoms with E-state index in [9.17, 15) is 0 Å². The van der Waals surface area contributed by atoms with Crippen molar-refractivity contribution in [2.45, 2.75) is 38.4 Å². The summed E-state index contributed by atoms with van der Waals surface area (Å²) in [5, 5.41) is 0. The lowest BCUT2D eigenvalue weighted by Crippen LogP contribution is -2.32. The van der Waals surface area contributed by atoms with Crippen LogP contribution in [-0.4, -0.2) is 19.0 Å². The zero-order chi connectivity index (χ0) is 11.3. The molecule has 0 radical (unpaired) electrons. The van der Waals surface area contributed by atoms with Crippen LogP contribution < -0.4 is 0 Å². The fourth-order valence-corrected chi connectivity index (χ4v) is 2.18. The molecule has 1 aromatic rings. The molecule has 88 valence electrons. The van der Waals surface area contributed by atoms with Crippen molar-refractivity contribution in [1.29, 1.82) is 0 Å². The minimum absolute atomic E-state index is 0.350. The van der Waals surface area contributed by atoms with Crippen molar-refractivity contribution in [2.24, 2.45) is 0 Å². The van der Waals surface area contributed by atoms with Gasteiger partial charge in [-0.05, 0) is 12.0 Å². The molecule has 1 aromatic carbocycles. The molecule has 1 aliphatic rings. The summed E-state index contributed by atoms with van der Waals surface area (Å²) < 4.78 is 11.6. The molecule has 16 heavy (non-hydrogen) atoms. The van der Waals surface area contributed by atoms with Gasteiger partial charge in [-0.2, -0.15) is 0 Å². The van der Waals surface area contributed by atoms with Crippen LogP contribution >= 0.6 is 0 Å². The van der Waals surface area contributed by atoms with E-state index in [1.54, 1.807) is 0 Å². The zero-order valence-electron chi connectivity index (χ0n) is 9.95. The summed E-state index contributed by atoms with van der Waals surface area (Å²) >= 11 is 0. The number of hydrogen-bond acceptors (Lipinski definition) is 2. The Bertz CT molecular complexity index is 302. The molecule has 2 heteroatoms. The van der Waals surface area contributed by atoms with Gasteiger partial charge in [-0.15, -0.1) is 0 Å². The molecule has 0 bridgehead atoms. The smallest absolute Gasteiger partial charge is 0.172 e. The first-order valence-electron chi connectivity index (χ1n) is 6.16. The molecule has 1 aliphatic heterocycles. The summed E-state index contributed by atoms with van der Waals surface area (Å²) in [7, 11) is 0. The molecule has 0 aliphatic carbocycles. The summed E-state index contributed by atoms with van der Waals surface area (Å²) in [6.07, 6.45) is 4.21. The quantitative estimate of drug-likeness (QED) is 0.759. The van der Waals surface area contributed by atoms with Gasteiger partial charge in [0, 0.05) is 12.8 Å². The lowest BCUT2D eigenvalue weighted by atomic mass is 10.00. The predicted molar refractivity (Wildman–Crippen MR) is 64.3 cm³/mol. The van der Waals surface area contributed by atoms with Gasteiger partial charge in [-0.25, -0.2) is 0 Å². The Hall–Kier alpha value is -0.860. The Morgan fingerprint density at radius 3 is 2.44 bits per heavy atom. The second-order valence-corrected chi connectivity index (χ2v) is 4.37. The third kappa shape index (κ3) is 2.83. The molecule has 2 rings (SSSR count). The topological polar surface area (TPSA) is 18.5 Å². The van der Waals surface area contributed by atoms with Crippen LogP contribution in [0.2, 0.25) is 0 Å². The third-order valence-corrected chi connectivity index (χ3v) is 3.04. The van der Waals surface area contributed by atoms with Crippen molar-refractivity contribution < 1.29 is 9.47 Å². The van der Waals surface area contributed by atoms with Crippen LogP contribution in [0.4, 0.5) is 0 Å². The van der Waals surface area contributed by atoms with Crippen LogP contribution in [0.3, 0.4) is 0 Å². The third-order valence-electron chi connectivity index (χ3n) is 3.04. The van der Waals surface area contributed by atoms with Gasteiger partial charge >= 0.3 is 0 Å². The van der Waals surface area contributed by atoms with Crippen LogP contribution in [0, 0.1) is 0 Å². The van der Waals surface area contributed by atoms with E-state index in [-0.39, 0.29) is 5.79 Å². The maximum absolute atomic E-state index is 5.82. The minimum Gasteiger partial charge on any atom is -0.347 e. The predicted octanol–water partition coefficient (Wildman–Crippen LogP) is 3.16. The first-order chi connectivity index (χ1) is 7.85. The Morgan fingerprint density at radius 2 is 1.81 bits per heavy atom. The Labute approximate surface area is 97.6 Å². The van der Waals surface area contributed by atoms with Gasteiger partial charge in [0.15, 0.2) is 5.79 Å². The standard InChI is InChI=1S/C14H20O2/c1-2-3-9-14(15-10-11-16-14)12-13-7-5-4-6-8-13/h4-8H,2-3,9-12H2,1H3. The van der Waals surface area contributed by atoms with Crippen molar-refractivity contribution in [3.8, 4) is 0 Å². The monoisotopic (exact) mass is 220 g/mol. The first-order valence-corrected chi connectivity index (χ1v) is 6.16. The highest BCUT2D eigenvalue weighted by atomic mass is 16.7. The maximum atomic E-state index is 5.82. The fourth-order valence-electron chi connectivity index (χ4n) is 2.18. The van der Waals surface area contributed by atoms with Gasteiger partial charge < -0.3 is 9.47 Å². The molecule has 1 heterocycles. The van der Waals surface area contributed by atoms with Gasteiger partial charge in [0.2, 0.25) is 0 Å². The average molecular weight is 220 g/mol. The first kappa shape index (κ1) is 11.6. The highest BCUT2D eigenvalue weighted by Crippen LogP contribution is 2.29. The molecule has 2 nitrogen and oxygen atoms in total. The Kier molecular flexibility index (Phi) is 3.97. The van der Waals surface area contributed by atoms with Crippen molar-refractivity contribution >= 4 is 0 Å². The zero-order valence-corrected chi connectivity index (χ0v) is 9.95. The second-order valence-electron chi connectivity index (χ2n) is 4.37. The van der Waals surface area contributed by atoms with Crippen molar-refractivity contribution in [2.75, 3.05) is 13.2 Å². The SMILES string of the molecule is CCCCC1(Cc2ccccc2)OCCO1. The van der Waals surface area contributed by atoms with Crippen molar-refractivity contribution in [3.05, 3.63) is 35.9 Å². The molecule has 0 N–H and O–H groups in total. The van der Waals surface area contributed by atoms with Gasteiger partial charge in [0.1, 0.15) is 0 Å². The summed E-state index contributed by atoms with van der Waals surface area (Å²) in [6.45, 7) is 3.66. The minimum atomic E-state index is -0.350. The van der Waals surface area contributed by atoms with Crippen molar-refractivity contribution in [3.63, 3.8) is 0 Å². The van der Waals surface area contributed by atoms with Gasteiger partial charge in [-0.3, -0.25) is 0 Å². The number of unbranched alkanes of at least 4 members (excludes halogenated alkanes) is 1. The highest BCUT2D eigenvalue weighted by molar-refractivity contribution is 5.16. The Morgan fingerprint density at radius 1 is 1.12 bits per heavy atom. The van der Waals surface area contributed by atoms with E-state index in [0.29, 0.717) is 0 Å². The molecule has 0 aromatic heterocycles. The lowest BCUT2D eigenvalue weighted by Gasteiger charge is -2.27. The van der Waals surface area contributed by atoms with E-state index < -0.39 is 0 Å². The summed E-state index contributed by atoms with van der Waals surface area (Å²) in [6, 6.07) is 10.5. The molecule has 0 unspecified atom stereocenters. The van der Waals surface area contributed by atoms with E-state index in [2.05, 4.69) is 31.2 Å². The van der Waals surface area contributed by atoms with Gasteiger partial charge in [0.05, 0.1) is 13.2 Å². The maximum Gasteiger partial charge on any atom is 0.172 e. The summed E-state index contributed by atoms with van der Waals surface area (Å²) in [5.74, 6) is -0.350. The van der Waals surface area contributed by atoms with Crippen LogP contribution in [0.25, 0.3) is 0 Å². The van der Waals surface area contributed by atoms with Crippen LogP contribution in [-0.2, 0) is 15.9 Å². The van der Waals surface area contributed by atoms with Crippen LogP contribution in [0.1, 0.15) is 31.7 Å². The molecule has 0 atom stereocenters. The van der Waals surface area contributed by atoms with Crippen LogP contribution in [0.5, 0.6) is 0 Å². The second kappa shape index (κ2) is 5.46. The Balaban J connectivity index is 2.02. The molecule has 0 amide bonds. The van der Waals surface area contributed by atoms with E-state index in [1.165, 1.54) is 12.0 Å². The van der Waals surface area contributed by atoms with E-state index in [0.717, 1.165) is 32.5 Å². The molecule has 0 saturated carbocycles. The molecular formula is C14H20O2. The highest BCUT2D eigenvalue weighted by Gasteiger charge is 2.35. The number of ether oxygens (including phenoxy) is 2. The normalized spacial score (nSPS) is 18.8. The van der Waals surface area contributed by atoms with Crippen LogP contribution in [0.15, 0.2) is 30.3 Å². The van der Waals surface area contributed by atoms with Gasteiger partial charge in [-0.1, -0.05) is 43.7 Å². The molecular weight excluding hydrogens is 200 g/mol. The van der Waals surface area contributed by atoms with E-state index in [4.69, 9.17) is 9.47 Å². The van der Waals surface area contributed by atoms with E-state index in [1.807, 2.05) is 6.07 Å². The largest absolute Gasteiger partial charge is 0.347 e. The molecule has 1 saturated heterocycles. The summed E-state index contributed by atoms with van der Waals surface area (Å²) in [5.41, 5.74) is 1.29. The number of benzene rings is 1. The number of hydrogen-bond donors (Lipinski definition) is 0. The molecule has 0 spiro atoms. The molecule has 1 fully saturated rings. The lowest BCUT2D eigenvalue weighted by molar-refractivity contribution is -0.161. The fraction of sp³-hybridized carbons (Fsp3) is 0.571. The summed E-state index contributed by atoms with van der Waals surface area (Å²) in [4.78, 5) is 0. The number of rotatable bonds is 5. The van der Waals surface area contributed by atoms with E-state index >= 15 is 0 Å².